The van der Waals surface area contributed by atoms with Gasteiger partial charge in [-0.25, -0.2) is 19.2 Å². The van der Waals surface area contributed by atoms with E-state index in [9.17, 15) is 9.18 Å². The van der Waals surface area contributed by atoms with Gasteiger partial charge >= 0.3 is 6.09 Å². The number of carboxylic acid groups (broad SMARTS) is 1. The molecule has 0 aliphatic carbocycles. The molecule has 0 radical (unpaired) electrons. The highest BCUT2D eigenvalue weighted by molar-refractivity contribution is 5.99. The van der Waals surface area contributed by atoms with Crippen molar-refractivity contribution >= 4 is 34.1 Å². The number of pyridine rings is 2. The first-order valence-electron chi connectivity index (χ1n) is 10.6. The van der Waals surface area contributed by atoms with E-state index in [2.05, 4.69) is 46.5 Å². The number of rotatable bonds is 4. The highest BCUT2D eigenvalue weighted by atomic mass is 19.1. The maximum Gasteiger partial charge on any atom is 0.410 e. The molecule has 0 unspecified atom stereocenters. The molecular formula is C23H29FN6O3. The third-order valence-electron chi connectivity index (χ3n) is 5.14. The third-order valence-corrected chi connectivity index (χ3v) is 5.14. The predicted octanol–water partition coefficient (Wildman–Crippen LogP) is 4.18. The normalized spacial score (nSPS) is 12.3. The van der Waals surface area contributed by atoms with Gasteiger partial charge in [-0.3, -0.25) is 5.32 Å². The lowest BCUT2D eigenvalue weighted by Crippen LogP contribution is -2.20. The van der Waals surface area contributed by atoms with Crippen molar-refractivity contribution in [2.45, 2.75) is 20.3 Å². The molecule has 1 aliphatic rings. The lowest BCUT2D eigenvalue weighted by Gasteiger charge is -2.22. The number of ether oxygens (including phenoxy) is 1. The maximum atomic E-state index is 15.0. The SMILES string of the molecule is CCCN(C)C.Cc1c(-c2cc3cc(NC(=O)O)ncc3c(N)c2F)cnc2c1NCCO2. The molecule has 176 valence electrons. The second-order valence-corrected chi connectivity index (χ2v) is 7.93. The van der Waals surface area contributed by atoms with Crippen LogP contribution in [0.15, 0.2) is 24.5 Å². The summed E-state index contributed by atoms with van der Waals surface area (Å²) in [7, 11) is 4.17. The number of nitrogens with zero attached hydrogens (tertiary/aromatic N) is 3. The third kappa shape index (κ3) is 5.40. The minimum absolute atomic E-state index is 0.0572. The van der Waals surface area contributed by atoms with Gasteiger partial charge < -0.3 is 25.8 Å². The first kappa shape index (κ1) is 24.0. The topological polar surface area (TPSA) is 126 Å². The van der Waals surface area contributed by atoms with Crippen LogP contribution in [0.3, 0.4) is 0 Å². The molecule has 0 saturated heterocycles. The Morgan fingerprint density at radius 1 is 1.30 bits per heavy atom. The summed E-state index contributed by atoms with van der Waals surface area (Å²) in [4.78, 5) is 21.2. The second kappa shape index (κ2) is 10.3. The maximum absolute atomic E-state index is 15.0. The van der Waals surface area contributed by atoms with Gasteiger partial charge in [-0.2, -0.15) is 0 Å². The standard InChI is InChI=1S/C18H16FN5O3.C5H13N/c1-8-11(6-23-17-16(8)21-2-3-27-17)10-4-9-5-13(24-18(25)26)22-7-12(9)15(20)14(10)19;1-4-5-6(2)3/h4-7,21H,2-3,20H2,1H3,(H,22,24)(H,25,26);4-5H2,1-3H3. The van der Waals surface area contributed by atoms with Crippen molar-refractivity contribution in [2.24, 2.45) is 0 Å². The van der Waals surface area contributed by atoms with Crippen LogP contribution in [0.25, 0.3) is 21.9 Å². The minimum Gasteiger partial charge on any atom is -0.474 e. The summed E-state index contributed by atoms with van der Waals surface area (Å²) in [6.07, 6.45) is 2.91. The number of fused-ring (bicyclic) bond motifs is 2. The van der Waals surface area contributed by atoms with E-state index in [1.165, 1.54) is 25.2 Å². The molecule has 3 heterocycles. The first-order valence-corrected chi connectivity index (χ1v) is 10.6. The Morgan fingerprint density at radius 3 is 2.70 bits per heavy atom. The van der Waals surface area contributed by atoms with Crippen molar-refractivity contribution < 1.29 is 19.0 Å². The van der Waals surface area contributed by atoms with E-state index < -0.39 is 11.9 Å². The van der Waals surface area contributed by atoms with Crippen LogP contribution >= 0.6 is 0 Å². The predicted molar refractivity (Wildman–Crippen MR) is 129 cm³/mol. The molecule has 1 aliphatic heterocycles. The largest absolute Gasteiger partial charge is 0.474 e. The summed E-state index contributed by atoms with van der Waals surface area (Å²) < 4.78 is 20.5. The van der Waals surface area contributed by atoms with Gasteiger partial charge in [-0.15, -0.1) is 0 Å². The quantitative estimate of drug-likeness (QED) is 0.431. The van der Waals surface area contributed by atoms with E-state index >= 15 is 0 Å². The number of hydrogen-bond donors (Lipinski definition) is 4. The Kier molecular flexibility index (Phi) is 7.49. The van der Waals surface area contributed by atoms with Crippen LogP contribution in [-0.4, -0.2) is 59.9 Å². The van der Waals surface area contributed by atoms with Gasteiger partial charge in [0, 0.05) is 35.5 Å². The Labute approximate surface area is 191 Å². The zero-order chi connectivity index (χ0) is 24.1. The molecule has 3 aromatic rings. The minimum atomic E-state index is -1.24. The van der Waals surface area contributed by atoms with Gasteiger partial charge in [0.15, 0.2) is 5.82 Å². The molecule has 0 bridgehead atoms. The molecule has 10 heteroatoms. The van der Waals surface area contributed by atoms with E-state index in [1.807, 2.05) is 6.92 Å². The number of nitrogens with one attached hydrogen (secondary N) is 2. The number of hydrogen-bond acceptors (Lipinski definition) is 7. The van der Waals surface area contributed by atoms with Crippen molar-refractivity contribution in [3.05, 3.63) is 35.9 Å². The molecular weight excluding hydrogens is 427 g/mol. The number of amides is 1. The van der Waals surface area contributed by atoms with Crippen LogP contribution < -0.4 is 21.1 Å². The van der Waals surface area contributed by atoms with E-state index in [-0.39, 0.29) is 17.1 Å². The molecule has 9 nitrogen and oxygen atoms in total. The highest BCUT2D eigenvalue weighted by Gasteiger charge is 2.21. The van der Waals surface area contributed by atoms with Crippen LogP contribution in [0.1, 0.15) is 18.9 Å². The molecule has 4 rings (SSSR count). The Bertz CT molecular complexity index is 1170. The van der Waals surface area contributed by atoms with Gasteiger partial charge in [0.05, 0.1) is 5.69 Å². The van der Waals surface area contributed by atoms with Gasteiger partial charge in [0.25, 0.3) is 0 Å². The van der Waals surface area contributed by atoms with E-state index in [0.29, 0.717) is 35.4 Å². The molecule has 1 amide bonds. The summed E-state index contributed by atoms with van der Waals surface area (Å²) in [5.41, 5.74) is 8.28. The summed E-state index contributed by atoms with van der Waals surface area (Å²) >= 11 is 0. The fraction of sp³-hybridized carbons (Fsp3) is 0.348. The number of aromatic nitrogens is 2. The molecule has 0 atom stereocenters. The van der Waals surface area contributed by atoms with Crippen molar-refractivity contribution in [3.63, 3.8) is 0 Å². The van der Waals surface area contributed by atoms with Crippen molar-refractivity contribution in [3.8, 4) is 17.0 Å². The van der Waals surface area contributed by atoms with Crippen LogP contribution in [0.4, 0.5) is 26.4 Å². The summed E-state index contributed by atoms with van der Waals surface area (Å²) in [6.45, 7) is 6.39. The van der Waals surface area contributed by atoms with Gasteiger partial charge in [0.2, 0.25) is 5.88 Å². The smallest absolute Gasteiger partial charge is 0.410 e. The molecule has 5 N–H and O–H groups in total. The fourth-order valence-corrected chi connectivity index (χ4v) is 3.61. The monoisotopic (exact) mass is 456 g/mol. The van der Waals surface area contributed by atoms with Crippen LogP contribution in [-0.2, 0) is 0 Å². The molecule has 0 saturated carbocycles. The Morgan fingerprint density at radius 2 is 2.06 bits per heavy atom. The molecule has 33 heavy (non-hydrogen) atoms. The Hall–Kier alpha value is -3.66. The van der Waals surface area contributed by atoms with E-state index in [1.54, 1.807) is 12.3 Å². The van der Waals surface area contributed by atoms with E-state index in [0.717, 1.165) is 11.3 Å². The lowest BCUT2D eigenvalue weighted by molar-refractivity contribution is 0.209. The van der Waals surface area contributed by atoms with Gasteiger partial charge in [-0.1, -0.05) is 6.92 Å². The first-order chi connectivity index (χ1) is 15.7. The molecule has 0 fully saturated rings. The molecule has 2 aromatic heterocycles. The van der Waals surface area contributed by atoms with E-state index in [4.69, 9.17) is 15.6 Å². The van der Waals surface area contributed by atoms with Crippen LogP contribution in [0, 0.1) is 12.7 Å². The number of benzene rings is 1. The van der Waals surface area contributed by atoms with Crippen LogP contribution in [0.2, 0.25) is 0 Å². The highest BCUT2D eigenvalue weighted by Crippen LogP contribution is 2.39. The fourth-order valence-electron chi connectivity index (χ4n) is 3.61. The second-order valence-electron chi connectivity index (χ2n) is 7.93. The molecule has 0 spiro atoms. The van der Waals surface area contributed by atoms with Crippen molar-refractivity contribution in [2.75, 3.05) is 50.2 Å². The average Bonchev–Trinajstić information content (AvgIpc) is 2.77. The Balaban J connectivity index is 0.000000454. The van der Waals surface area contributed by atoms with Crippen LogP contribution in [0.5, 0.6) is 5.88 Å². The summed E-state index contributed by atoms with van der Waals surface area (Å²) in [6, 6.07) is 3.11. The van der Waals surface area contributed by atoms with Gasteiger partial charge in [-0.05, 0) is 57.1 Å². The molecule has 1 aromatic carbocycles. The number of carbonyl (C=O) groups is 1. The number of nitrogens with two attached hydrogens (primary N) is 1. The summed E-state index contributed by atoms with van der Waals surface area (Å²) in [5.74, 6) is 0.0287. The number of anilines is 3. The van der Waals surface area contributed by atoms with Crippen molar-refractivity contribution in [1.82, 2.24) is 14.9 Å². The van der Waals surface area contributed by atoms with Gasteiger partial charge in [0.1, 0.15) is 18.1 Å². The average molecular weight is 457 g/mol. The zero-order valence-electron chi connectivity index (χ0n) is 19.2. The number of nitrogen functional groups attached to an aromatic ring is 1. The summed E-state index contributed by atoms with van der Waals surface area (Å²) in [5, 5.41) is 15.2. The van der Waals surface area contributed by atoms with Crippen molar-refractivity contribution in [1.29, 1.82) is 0 Å². The number of halogens is 1. The zero-order valence-corrected chi connectivity index (χ0v) is 19.2. The lowest BCUT2D eigenvalue weighted by atomic mass is 9.97.